The molecule has 0 spiro atoms. The second kappa shape index (κ2) is 8.32. The lowest BCUT2D eigenvalue weighted by molar-refractivity contribution is 0.00841. The zero-order chi connectivity index (χ0) is 16.9. The monoisotopic (exact) mass is 334 g/mol. The largest absolute Gasteiger partial charge is 0.508 e. The van der Waals surface area contributed by atoms with Gasteiger partial charge in [-0.05, 0) is 67.1 Å². The van der Waals surface area contributed by atoms with Gasteiger partial charge < -0.3 is 19.3 Å². The molecule has 3 rings (SSSR count). The summed E-state index contributed by atoms with van der Waals surface area (Å²) in [4.78, 5) is 0. The van der Waals surface area contributed by atoms with Gasteiger partial charge in [0, 0.05) is 13.7 Å². The lowest BCUT2D eigenvalue weighted by Crippen LogP contribution is -2.24. The predicted molar refractivity (Wildman–Crippen MR) is 93.4 cm³/mol. The fourth-order valence-electron chi connectivity index (χ4n) is 4.58. The summed E-state index contributed by atoms with van der Waals surface area (Å²) in [6.45, 7) is 5.42. The number of hydrogen-bond donors (Lipinski definition) is 1. The standard InChI is InChI=1S/C20H30O4/c1-14-9-16(3-4-20(14)21)18-11-15-10-17(19(18)12-15)13-24-8-7-23-6-5-22-2/h3-4,9,15,17-19,21H,5-8,10-13H2,1-2H3. The van der Waals surface area contributed by atoms with Gasteiger partial charge in [0.2, 0.25) is 0 Å². The molecule has 4 atom stereocenters. The minimum absolute atomic E-state index is 0.398. The Morgan fingerprint density at radius 1 is 1.04 bits per heavy atom. The second-order valence-corrected chi connectivity index (χ2v) is 7.33. The van der Waals surface area contributed by atoms with Crippen molar-refractivity contribution in [2.45, 2.75) is 32.1 Å². The number of methoxy groups -OCH3 is 1. The highest BCUT2D eigenvalue weighted by atomic mass is 16.5. The van der Waals surface area contributed by atoms with E-state index in [9.17, 15) is 5.11 Å². The maximum absolute atomic E-state index is 9.75. The van der Waals surface area contributed by atoms with Crippen molar-refractivity contribution in [3.8, 4) is 5.75 Å². The Morgan fingerprint density at radius 3 is 2.58 bits per heavy atom. The maximum Gasteiger partial charge on any atom is 0.118 e. The molecule has 0 radical (unpaired) electrons. The van der Waals surface area contributed by atoms with E-state index in [-0.39, 0.29) is 0 Å². The minimum Gasteiger partial charge on any atom is -0.508 e. The van der Waals surface area contributed by atoms with Crippen molar-refractivity contribution in [1.29, 1.82) is 0 Å². The van der Waals surface area contributed by atoms with Crippen molar-refractivity contribution >= 4 is 0 Å². The number of phenolic OH excluding ortho intramolecular Hbond substituents is 1. The van der Waals surface area contributed by atoms with Gasteiger partial charge in [0.1, 0.15) is 5.75 Å². The molecule has 4 heteroatoms. The maximum atomic E-state index is 9.75. The van der Waals surface area contributed by atoms with Gasteiger partial charge in [0.15, 0.2) is 0 Å². The summed E-state index contributed by atoms with van der Waals surface area (Å²) in [7, 11) is 1.68. The van der Waals surface area contributed by atoms with Crippen molar-refractivity contribution in [1.82, 2.24) is 0 Å². The highest BCUT2D eigenvalue weighted by Crippen LogP contribution is 2.56. The highest BCUT2D eigenvalue weighted by molar-refractivity contribution is 5.37. The number of benzene rings is 1. The van der Waals surface area contributed by atoms with E-state index in [0.717, 1.165) is 24.0 Å². The summed E-state index contributed by atoms with van der Waals surface area (Å²) in [6, 6.07) is 6.12. The van der Waals surface area contributed by atoms with Gasteiger partial charge in [0.05, 0.1) is 26.4 Å². The summed E-state index contributed by atoms with van der Waals surface area (Å²) in [5.74, 6) is 3.28. The molecule has 1 N–H and O–H groups in total. The Balaban J connectivity index is 1.46. The van der Waals surface area contributed by atoms with E-state index in [1.165, 1.54) is 24.8 Å². The first-order chi connectivity index (χ1) is 11.7. The molecule has 0 aromatic heterocycles. The number of fused-ring (bicyclic) bond motifs is 2. The van der Waals surface area contributed by atoms with Crippen LogP contribution in [0.3, 0.4) is 0 Å². The normalized spacial score (nSPS) is 28.6. The quantitative estimate of drug-likeness (QED) is 0.702. The molecule has 0 amide bonds. The molecule has 4 unspecified atom stereocenters. The third-order valence-corrected chi connectivity index (χ3v) is 5.74. The van der Waals surface area contributed by atoms with E-state index < -0.39 is 0 Å². The average molecular weight is 334 g/mol. The van der Waals surface area contributed by atoms with Crippen molar-refractivity contribution in [2.75, 3.05) is 40.1 Å². The molecular formula is C20H30O4. The number of phenols is 1. The molecule has 2 fully saturated rings. The number of rotatable bonds is 9. The smallest absolute Gasteiger partial charge is 0.118 e. The SMILES string of the molecule is COCCOCCOCC1CC2CC(c3ccc(O)c(C)c3)C1C2. The molecule has 2 saturated carbocycles. The molecule has 2 aliphatic carbocycles. The molecule has 2 aliphatic rings. The summed E-state index contributed by atoms with van der Waals surface area (Å²) in [5, 5.41) is 9.75. The van der Waals surface area contributed by atoms with Crippen LogP contribution in [0.15, 0.2) is 18.2 Å². The average Bonchev–Trinajstić information content (AvgIpc) is 3.17. The van der Waals surface area contributed by atoms with E-state index in [4.69, 9.17) is 14.2 Å². The van der Waals surface area contributed by atoms with Gasteiger partial charge in [-0.15, -0.1) is 0 Å². The van der Waals surface area contributed by atoms with Crippen molar-refractivity contribution in [2.24, 2.45) is 17.8 Å². The first-order valence-electron chi connectivity index (χ1n) is 9.13. The van der Waals surface area contributed by atoms with Crippen LogP contribution in [-0.2, 0) is 14.2 Å². The lowest BCUT2D eigenvalue weighted by atomic mass is 9.77. The Morgan fingerprint density at radius 2 is 1.83 bits per heavy atom. The molecule has 0 heterocycles. The molecule has 1 aromatic carbocycles. The summed E-state index contributed by atoms with van der Waals surface area (Å²) < 4.78 is 16.3. The number of hydrogen-bond acceptors (Lipinski definition) is 4. The van der Waals surface area contributed by atoms with E-state index in [2.05, 4.69) is 12.1 Å². The number of ether oxygens (including phenoxy) is 3. The van der Waals surface area contributed by atoms with Crippen LogP contribution in [0.25, 0.3) is 0 Å². The van der Waals surface area contributed by atoms with Crippen LogP contribution in [0.1, 0.15) is 36.3 Å². The van der Waals surface area contributed by atoms with Gasteiger partial charge in [-0.25, -0.2) is 0 Å². The van der Waals surface area contributed by atoms with Crippen molar-refractivity contribution in [3.63, 3.8) is 0 Å². The third kappa shape index (κ3) is 4.11. The fraction of sp³-hybridized carbons (Fsp3) is 0.700. The lowest BCUT2D eigenvalue weighted by Gasteiger charge is -2.30. The van der Waals surface area contributed by atoms with E-state index in [0.29, 0.717) is 44.0 Å². The van der Waals surface area contributed by atoms with Gasteiger partial charge in [-0.3, -0.25) is 0 Å². The third-order valence-electron chi connectivity index (χ3n) is 5.74. The Labute approximate surface area is 145 Å². The zero-order valence-electron chi connectivity index (χ0n) is 14.9. The van der Waals surface area contributed by atoms with Crippen molar-refractivity contribution in [3.05, 3.63) is 29.3 Å². The van der Waals surface area contributed by atoms with Crippen LogP contribution in [0.4, 0.5) is 0 Å². The molecule has 4 nitrogen and oxygen atoms in total. The Kier molecular flexibility index (Phi) is 6.14. The van der Waals surface area contributed by atoms with Crippen LogP contribution in [0.5, 0.6) is 5.75 Å². The van der Waals surface area contributed by atoms with E-state index in [1.54, 1.807) is 7.11 Å². The fourth-order valence-corrected chi connectivity index (χ4v) is 4.58. The molecule has 0 aliphatic heterocycles. The van der Waals surface area contributed by atoms with Gasteiger partial charge in [-0.2, -0.15) is 0 Å². The summed E-state index contributed by atoms with van der Waals surface area (Å²) >= 11 is 0. The van der Waals surface area contributed by atoms with Crippen LogP contribution in [0, 0.1) is 24.7 Å². The zero-order valence-corrected chi connectivity index (χ0v) is 14.9. The first-order valence-corrected chi connectivity index (χ1v) is 9.13. The van der Waals surface area contributed by atoms with Gasteiger partial charge >= 0.3 is 0 Å². The Hall–Kier alpha value is -1.10. The first kappa shape index (κ1) is 17.7. The van der Waals surface area contributed by atoms with E-state index in [1.807, 2.05) is 13.0 Å². The number of aryl methyl sites for hydroxylation is 1. The van der Waals surface area contributed by atoms with E-state index >= 15 is 0 Å². The topological polar surface area (TPSA) is 47.9 Å². The van der Waals surface area contributed by atoms with Crippen LogP contribution in [-0.4, -0.2) is 45.3 Å². The predicted octanol–water partition coefficient (Wildman–Crippen LogP) is 3.51. The molecule has 24 heavy (non-hydrogen) atoms. The van der Waals surface area contributed by atoms with Gasteiger partial charge in [-0.1, -0.05) is 12.1 Å². The van der Waals surface area contributed by atoms with Crippen LogP contribution >= 0.6 is 0 Å². The molecule has 1 aromatic rings. The minimum atomic E-state index is 0.398. The second-order valence-electron chi connectivity index (χ2n) is 7.33. The van der Waals surface area contributed by atoms with Crippen LogP contribution < -0.4 is 0 Å². The van der Waals surface area contributed by atoms with Crippen LogP contribution in [0.2, 0.25) is 0 Å². The Bertz CT molecular complexity index is 530. The molecular weight excluding hydrogens is 304 g/mol. The molecule has 134 valence electrons. The summed E-state index contributed by atoms with van der Waals surface area (Å²) in [6.07, 6.45) is 3.94. The van der Waals surface area contributed by atoms with Crippen molar-refractivity contribution < 1.29 is 19.3 Å². The molecule has 2 bridgehead atoms. The highest BCUT2D eigenvalue weighted by Gasteiger charge is 2.46. The van der Waals surface area contributed by atoms with Gasteiger partial charge in [0.25, 0.3) is 0 Å². The summed E-state index contributed by atoms with van der Waals surface area (Å²) in [5.41, 5.74) is 2.38. The number of aromatic hydroxyl groups is 1. The molecule has 0 saturated heterocycles.